The normalized spacial score (nSPS) is 22.6. The lowest BCUT2D eigenvalue weighted by Crippen LogP contribution is -2.43. The maximum Gasteiger partial charge on any atom is 0.324 e. The van der Waals surface area contributed by atoms with E-state index < -0.39 is 0 Å². The Morgan fingerprint density at radius 2 is 2.00 bits per heavy atom. The van der Waals surface area contributed by atoms with Crippen molar-refractivity contribution >= 4 is 29.2 Å². The minimum absolute atomic E-state index is 0.287. The molecule has 0 spiro atoms. The molecule has 112 valence electrons. The average molecular weight is 328 g/mol. The van der Waals surface area contributed by atoms with Crippen molar-refractivity contribution in [3.63, 3.8) is 0 Å². The predicted molar refractivity (Wildman–Crippen MR) is 81.8 cm³/mol. The maximum absolute atomic E-state index is 9.94. The molecule has 1 aromatic carbocycles. The molecular formula is C14H15Cl2N3O2. The lowest BCUT2D eigenvalue weighted by molar-refractivity contribution is 0.100. The summed E-state index contributed by atoms with van der Waals surface area (Å²) in [5.74, 6) is 0.720. The second kappa shape index (κ2) is 5.83. The van der Waals surface area contributed by atoms with Gasteiger partial charge >= 0.3 is 6.01 Å². The molecule has 1 aliphatic heterocycles. The molecule has 0 amide bonds. The van der Waals surface area contributed by atoms with Crippen LogP contribution in [-0.2, 0) is 0 Å². The van der Waals surface area contributed by atoms with Gasteiger partial charge in [-0.3, -0.25) is 0 Å². The molecule has 0 saturated carbocycles. The van der Waals surface area contributed by atoms with E-state index in [1.54, 1.807) is 18.2 Å². The molecule has 1 saturated heterocycles. The van der Waals surface area contributed by atoms with E-state index in [-0.39, 0.29) is 12.0 Å². The van der Waals surface area contributed by atoms with Gasteiger partial charge in [0.05, 0.1) is 6.10 Å². The number of aliphatic hydroxyl groups excluding tert-OH is 1. The van der Waals surface area contributed by atoms with Crippen LogP contribution in [0.2, 0.25) is 10.0 Å². The van der Waals surface area contributed by atoms with Crippen molar-refractivity contribution < 1.29 is 9.63 Å². The Kier molecular flexibility index (Phi) is 4.06. The van der Waals surface area contributed by atoms with Crippen LogP contribution in [0.5, 0.6) is 0 Å². The molecule has 2 unspecified atom stereocenters. The highest BCUT2D eigenvalue weighted by molar-refractivity contribution is 6.35. The zero-order chi connectivity index (χ0) is 15.0. The summed E-state index contributed by atoms with van der Waals surface area (Å²) in [4.78, 5) is 6.26. The van der Waals surface area contributed by atoms with Crippen molar-refractivity contribution in [2.45, 2.75) is 19.4 Å². The van der Waals surface area contributed by atoms with E-state index in [9.17, 15) is 5.11 Å². The fourth-order valence-corrected chi connectivity index (χ4v) is 2.89. The Morgan fingerprint density at radius 1 is 1.29 bits per heavy atom. The van der Waals surface area contributed by atoms with Gasteiger partial charge < -0.3 is 14.5 Å². The minimum atomic E-state index is -0.380. The topological polar surface area (TPSA) is 62.4 Å². The first-order valence-corrected chi connectivity index (χ1v) is 7.51. The number of rotatable bonds is 2. The van der Waals surface area contributed by atoms with Crippen molar-refractivity contribution in [1.29, 1.82) is 0 Å². The maximum atomic E-state index is 9.94. The fraction of sp³-hybridized carbons (Fsp3) is 0.429. The smallest absolute Gasteiger partial charge is 0.324 e. The van der Waals surface area contributed by atoms with Crippen LogP contribution in [0.15, 0.2) is 22.7 Å². The molecule has 1 fully saturated rings. The third-order valence-electron chi connectivity index (χ3n) is 3.73. The van der Waals surface area contributed by atoms with Crippen LogP contribution < -0.4 is 4.90 Å². The van der Waals surface area contributed by atoms with Crippen LogP contribution in [0.4, 0.5) is 6.01 Å². The van der Waals surface area contributed by atoms with Crippen LogP contribution >= 0.6 is 23.2 Å². The molecule has 21 heavy (non-hydrogen) atoms. The number of piperidine rings is 1. The summed E-state index contributed by atoms with van der Waals surface area (Å²) >= 11 is 12.0. The summed E-state index contributed by atoms with van der Waals surface area (Å²) in [5.41, 5.74) is 0.702. The minimum Gasteiger partial charge on any atom is -0.391 e. The van der Waals surface area contributed by atoms with E-state index in [0.717, 1.165) is 13.0 Å². The average Bonchev–Trinajstić information content (AvgIpc) is 2.90. The Labute approximate surface area is 132 Å². The van der Waals surface area contributed by atoms with E-state index >= 15 is 0 Å². The van der Waals surface area contributed by atoms with E-state index in [2.05, 4.69) is 10.1 Å². The van der Waals surface area contributed by atoms with Gasteiger partial charge in [-0.1, -0.05) is 35.3 Å². The van der Waals surface area contributed by atoms with Crippen molar-refractivity contribution in [3.8, 4) is 11.4 Å². The first-order chi connectivity index (χ1) is 10.0. The molecule has 2 heterocycles. The largest absolute Gasteiger partial charge is 0.391 e. The Hall–Kier alpha value is -1.30. The third kappa shape index (κ3) is 3.15. The summed E-state index contributed by atoms with van der Waals surface area (Å²) in [5, 5.41) is 14.9. The molecular weight excluding hydrogens is 313 g/mol. The van der Waals surface area contributed by atoms with Gasteiger partial charge in [-0.25, -0.2) is 0 Å². The van der Waals surface area contributed by atoms with Crippen LogP contribution in [0, 0.1) is 5.92 Å². The van der Waals surface area contributed by atoms with Gasteiger partial charge in [-0.15, -0.1) is 0 Å². The molecule has 7 heteroatoms. The summed E-state index contributed by atoms with van der Waals surface area (Å²) in [6, 6.07) is 5.52. The number of anilines is 1. The number of hydrogen-bond donors (Lipinski definition) is 1. The number of benzene rings is 1. The second-order valence-corrected chi connectivity index (χ2v) is 6.21. The fourth-order valence-electron chi connectivity index (χ4n) is 2.37. The Balaban J connectivity index is 1.83. The molecule has 0 radical (unpaired) electrons. The number of β-amino-alcohol motifs (C(OH)–C–C–N with tert-alkyl or cyclic N) is 1. The quantitative estimate of drug-likeness (QED) is 0.917. The molecule has 0 bridgehead atoms. The summed E-state index contributed by atoms with van der Waals surface area (Å²) in [6.07, 6.45) is 0.511. The summed E-state index contributed by atoms with van der Waals surface area (Å²) in [7, 11) is 0. The second-order valence-electron chi connectivity index (χ2n) is 5.34. The highest BCUT2D eigenvalue weighted by Crippen LogP contribution is 2.28. The summed E-state index contributed by atoms with van der Waals surface area (Å²) < 4.78 is 5.29. The van der Waals surface area contributed by atoms with Gasteiger partial charge in [0.15, 0.2) is 0 Å². The molecule has 0 aliphatic carbocycles. The molecule has 2 atom stereocenters. The third-order valence-corrected chi connectivity index (χ3v) is 4.16. The SMILES string of the molecule is CC1CCN(c2nc(-c3cc(Cl)cc(Cl)c3)no2)CC1O. The molecule has 1 aliphatic rings. The monoisotopic (exact) mass is 327 g/mol. The predicted octanol–water partition coefficient (Wildman–Crippen LogP) is 3.25. The van der Waals surface area contributed by atoms with Crippen LogP contribution in [0.1, 0.15) is 13.3 Å². The van der Waals surface area contributed by atoms with Gasteiger partial charge in [-0.05, 0) is 30.5 Å². The highest BCUT2D eigenvalue weighted by atomic mass is 35.5. The molecule has 2 aromatic rings. The molecule has 3 rings (SSSR count). The van der Waals surface area contributed by atoms with Crippen molar-refractivity contribution in [3.05, 3.63) is 28.2 Å². The van der Waals surface area contributed by atoms with E-state index in [1.165, 1.54) is 0 Å². The van der Waals surface area contributed by atoms with Gasteiger partial charge in [0, 0.05) is 28.7 Å². The lowest BCUT2D eigenvalue weighted by Gasteiger charge is -2.32. The van der Waals surface area contributed by atoms with Crippen molar-refractivity contribution in [2.75, 3.05) is 18.0 Å². The first-order valence-electron chi connectivity index (χ1n) is 6.76. The number of aliphatic hydroxyl groups is 1. The van der Waals surface area contributed by atoms with Crippen molar-refractivity contribution in [1.82, 2.24) is 10.1 Å². The standard InChI is InChI=1S/C14H15Cl2N3O2/c1-8-2-3-19(7-12(8)20)14-17-13(18-21-14)9-4-10(15)6-11(16)5-9/h4-6,8,12,20H,2-3,7H2,1H3. The first kappa shape index (κ1) is 14.6. The number of halogens is 2. The number of hydrogen-bond acceptors (Lipinski definition) is 5. The molecule has 1 N–H and O–H groups in total. The van der Waals surface area contributed by atoms with Gasteiger partial charge in [-0.2, -0.15) is 4.98 Å². The number of aromatic nitrogens is 2. The Morgan fingerprint density at radius 3 is 2.67 bits per heavy atom. The molecule has 5 nitrogen and oxygen atoms in total. The van der Waals surface area contributed by atoms with Gasteiger partial charge in [0.25, 0.3) is 0 Å². The van der Waals surface area contributed by atoms with Crippen LogP contribution in [0.3, 0.4) is 0 Å². The van der Waals surface area contributed by atoms with Crippen LogP contribution in [0.25, 0.3) is 11.4 Å². The van der Waals surface area contributed by atoms with Crippen LogP contribution in [-0.4, -0.2) is 34.4 Å². The van der Waals surface area contributed by atoms with Gasteiger partial charge in [0.2, 0.25) is 5.82 Å². The van der Waals surface area contributed by atoms with Crippen molar-refractivity contribution in [2.24, 2.45) is 5.92 Å². The van der Waals surface area contributed by atoms with E-state index in [1.807, 2.05) is 11.8 Å². The highest BCUT2D eigenvalue weighted by Gasteiger charge is 2.27. The molecule has 1 aromatic heterocycles. The zero-order valence-corrected chi connectivity index (χ0v) is 13.0. The zero-order valence-electron chi connectivity index (χ0n) is 11.5. The lowest BCUT2D eigenvalue weighted by atomic mass is 9.96. The van der Waals surface area contributed by atoms with Gasteiger partial charge in [0.1, 0.15) is 0 Å². The summed E-state index contributed by atoms with van der Waals surface area (Å²) in [6.45, 7) is 3.32. The van der Waals surface area contributed by atoms with E-state index in [4.69, 9.17) is 27.7 Å². The Bertz CT molecular complexity index is 627. The van der Waals surface area contributed by atoms with E-state index in [0.29, 0.717) is 34.0 Å². The number of nitrogens with zero attached hydrogens (tertiary/aromatic N) is 3.